The monoisotopic (exact) mass is 465 g/mol. The lowest BCUT2D eigenvalue weighted by Gasteiger charge is -2.27. The lowest BCUT2D eigenvalue weighted by atomic mass is 10.2. The van der Waals surface area contributed by atoms with Crippen LogP contribution in [0, 0.1) is 0 Å². The minimum Gasteiger partial charge on any atom is -0.495 e. The van der Waals surface area contributed by atoms with Crippen molar-refractivity contribution in [3.8, 4) is 11.5 Å². The minimum absolute atomic E-state index is 0.392. The predicted molar refractivity (Wildman–Crippen MR) is 127 cm³/mol. The van der Waals surface area contributed by atoms with Crippen LogP contribution in [0.15, 0.2) is 41.2 Å². The van der Waals surface area contributed by atoms with Crippen molar-refractivity contribution in [2.75, 3.05) is 32.2 Å². The van der Waals surface area contributed by atoms with Gasteiger partial charge in [0, 0.05) is 24.2 Å². The molecule has 0 fully saturated rings. The van der Waals surface area contributed by atoms with Crippen LogP contribution in [0.1, 0.15) is 19.4 Å². The minimum atomic E-state index is 0.392. The molecule has 0 aliphatic carbocycles. The quantitative estimate of drug-likeness (QED) is 0.348. The Morgan fingerprint density at radius 1 is 1.00 bits per heavy atom. The number of benzene rings is 1. The van der Waals surface area contributed by atoms with Crippen molar-refractivity contribution in [1.82, 2.24) is 9.88 Å². The molecule has 0 atom stereocenters. The first kappa shape index (κ1) is 22.7. The van der Waals surface area contributed by atoms with Crippen molar-refractivity contribution in [3.63, 3.8) is 0 Å². The van der Waals surface area contributed by atoms with Crippen LogP contribution in [0.25, 0.3) is 0 Å². The van der Waals surface area contributed by atoms with Gasteiger partial charge in [0.25, 0.3) is 0 Å². The Kier molecular flexibility index (Phi) is 7.83. The molecule has 0 aliphatic rings. The van der Waals surface area contributed by atoms with Gasteiger partial charge in [-0.3, -0.25) is 9.80 Å². The maximum atomic E-state index is 6.70. The lowest BCUT2D eigenvalue weighted by Crippen LogP contribution is -2.22. The van der Waals surface area contributed by atoms with E-state index in [0.717, 1.165) is 30.9 Å². The first-order valence-electron chi connectivity index (χ1n) is 9.63. The summed E-state index contributed by atoms with van der Waals surface area (Å²) in [5, 5.41) is 4.80. The van der Waals surface area contributed by atoms with Gasteiger partial charge in [0.1, 0.15) is 27.4 Å². The number of hydrogen-bond acceptors (Lipinski definition) is 6. The second kappa shape index (κ2) is 10.4. The molecule has 0 spiro atoms. The van der Waals surface area contributed by atoms with Crippen molar-refractivity contribution in [1.29, 1.82) is 0 Å². The average Bonchev–Trinajstić information content (AvgIpc) is 3.30. The van der Waals surface area contributed by atoms with E-state index in [-0.39, 0.29) is 0 Å². The Balaban J connectivity index is 2.11. The average molecular weight is 466 g/mol. The summed E-state index contributed by atoms with van der Waals surface area (Å²) < 4.78 is 10.9. The van der Waals surface area contributed by atoms with E-state index in [4.69, 9.17) is 37.7 Å². The maximum Gasteiger partial charge on any atom is 0.143 e. The number of methoxy groups -OCH3 is 2. The highest BCUT2D eigenvalue weighted by Crippen LogP contribution is 2.50. The highest BCUT2D eigenvalue weighted by atomic mass is 35.5. The Labute approximate surface area is 191 Å². The number of pyridine rings is 1. The third-order valence-corrected chi connectivity index (χ3v) is 6.28. The molecule has 0 unspecified atom stereocenters. The molecular formula is C22H25Cl2N3O2S. The molecule has 1 aromatic carbocycles. The second-order valence-electron chi connectivity index (χ2n) is 6.56. The van der Waals surface area contributed by atoms with E-state index >= 15 is 0 Å². The summed E-state index contributed by atoms with van der Waals surface area (Å²) in [6.45, 7) is 7.16. The Hall–Kier alpha value is -1.99. The third kappa shape index (κ3) is 4.67. The largest absolute Gasteiger partial charge is 0.495 e. The number of ether oxygens (including phenoxy) is 2. The van der Waals surface area contributed by atoms with Gasteiger partial charge in [-0.15, -0.1) is 0 Å². The van der Waals surface area contributed by atoms with Crippen molar-refractivity contribution in [2.24, 2.45) is 0 Å². The van der Waals surface area contributed by atoms with E-state index in [1.54, 1.807) is 31.6 Å². The molecule has 2 aromatic heterocycles. The standard InChI is InChI=1S/C22H25Cl2N3O2S/c1-5-26(6-2)13-15-7-8-19(25-12-15)27(16-9-10-30-14-16)22-20(23)17(28-3)11-18(29-4)21(22)24/h7-12,14H,5-6,13H2,1-4H3. The number of hydrogen-bond donors (Lipinski definition) is 0. The van der Waals surface area contributed by atoms with E-state index in [1.165, 1.54) is 0 Å². The number of nitrogens with zero attached hydrogens (tertiary/aromatic N) is 3. The van der Waals surface area contributed by atoms with E-state index in [9.17, 15) is 0 Å². The number of anilines is 3. The van der Waals surface area contributed by atoms with Crippen molar-refractivity contribution >= 4 is 51.7 Å². The number of aromatic nitrogens is 1. The molecule has 8 heteroatoms. The van der Waals surface area contributed by atoms with Crippen LogP contribution in [0.2, 0.25) is 10.0 Å². The van der Waals surface area contributed by atoms with Gasteiger partial charge in [0.2, 0.25) is 0 Å². The second-order valence-corrected chi connectivity index (χ2v) is 8.10. The van der Waals surface area contributed by atoms with Crippen LogP contribution in [-0.2, 0) is 6.54 Å². The fourth-order valence-electron chi connectivity index (χ4n) is 3.18. The van der Waals surface area contributed by atoms with Gasteiger partial charge < -0.3 is 9.47 Å². The van der Waals surface area contributed by atoms with Gasteiger partial charge in [0.05, 0.1) is 25.6 Å². The van der Waals surface area contributed by atoms with E-state index in [1.807, 2.05) is 34.0 Å². The first-order valence-corrected chi connectivity index (χ1v) is 11.3. The zero-order chi connectivity index (χ0) is 21.7. The normalized spacial score (nSPS) is 11.0. The molecule has 0 bridgehead atoms. The van der Waals surface area contributed by atoms with Gasteiger partial charge in [-0.05, 0) is 36.2 Å². The molecule has 160 valence electrons. The molecule has 3 rings (SSSR count). The molecule has 5 nitrogen and oxygen atoms in total. The Morgan fingerprint density at radius 2 is 1.67 bits per heavy atom. The summed E-state index contributed by atoms with van der Waals surface area (Å²) in [7, 11) is 3.13. The van der Waals surface area contributed by atoms with E-state index in [0.29, 0.717) is 33.0 Å². The maximum absolute atomic E-state index is 6.70. The Bertz CT molecular complexity index is 933. The van der Waals surface area contributed by atoms with Gasteiger partial charge in [-0.1, -0.05) is 43.1 Å². The van der Waals surface area contributed by atoms with Crippen LogP contribution in [0.5, 0.6) is 11.5 Å². The van der Waals surface area contributed by atoms with Crippen LogP contribution in [0.4, 0.5) is 17.2 Å². The van der Waals surface area contributed by atoms with Crippen molar-refractivity contribution in [2.45, 2.75) is 20.4 Å². The lowest BCUT2D eigenvalue weighted by molar-refractivity contribution is 0.295. The molecule has 0 N–H and O–H groups in total. The molecule has 0 aliphatic heterocycles. The van der Waals surface area contributed by atoms with Crippen molar-refractivity contribution in [3.05, 3.63) is 56.8 Å². The van der Waals surface area contributed by atoms with Crippen LogP contribution in [-0.4, -0.2) is 37.2 Å². The van der Waals surface area contributed by atoms with Crippen molar-refractivity contribution < 1.29 is 9.47 Å². The smallest absolute Gasteiger partial charge is 0.143 e. The molecule has 3 aromatic rings. The summed E-state index contributed by atoms with van der Waals surface area (Å²) in [6.07, 6.45) is 1.90. The summed E-state index contributed by atoms with van der Waals surface area (Å²) in [4.78, 5) is 9.00. The fraction of sp³-hybridized carbons (Fsp3) is 0.318. The van der Waals surface area contributed by atoms with Crippen LogP contribution < -0.4 is 14.4 Å². The third-order valence-electron chi connectivity index (χ3n) is 4.88. The zero-order valence-electron chi connectivity index (χ0n) is 17.5. The van der Waals surface area contributed by atoms with Gasteiger partial charge in [-0.2, -0.15) is 11.3 Å². The number of thiophene rings is 1. The highest BCUT2D eigenvalue weighted by Gasteiger charge is 2.25. The molecule has 0 radical (unpaired) electrons. The first-order chi connectivity index (χ1) is 14.5. The summed E-state index contributed by atoms with van der Waals surface area (Å²) in [6, 6.07) is 7.74. The zero-order valence-corrected chi connectivity index (χ0v) is 19.8. The molecule has 2 heterocycles. The highest BCUT2D eigenvalue weighted by molar-refractivity contribution is 7.08. The molecule has 0 saturated carbocycles. The fourth-order valence-corrected chi connectivity index (χ4v) is 4.47. The van der Waals surface area contributed by atoms with Crippen LogP contribution >= 0.6 is 34.5 Å². The van der Waals surface area contributed by atoms with Gasteiger partial charge in [0.15, 0.2) is 0 Å². The number of rotatable bonds is 9. The van der Waals surface area contributed by atoms with Gasteiger partial charge >= 0.3 is 0 Å². The summed E-state index contributed by atoms with van der Waals surface area (Å²) >= 11 is 15.0. The SMILES string of the molecule is CCN(CC)Cc1ccc(N(c2ccsc2)c2c(Cl)c(OC)cc(OC)c2Cl)nc1. The summed E-state index contributed by atoms with van der Waals surface area (Å²) in [5.74, 6) is 1.66. The molecule has 0 saturated heterocycles. The molecule has 30 heavy (non-hydrogen) atoms. The van der Waals surface area contributed by atoms with Crippen LogP contribution in [0.3, 0.4) is 0 Å². The van der Waals surface area contributed by atoms with E-state index in [2.05, 4.69) is 24.8 Å². The topological polar surface area (TPSA) is 37.8 Å². The predicted octanol–water partition coefficient (Wildman–Crippen LogP) is 6.78. The molecular weight excluding hydrogens is 441 g/mol. The molecule has 0 amide bonds. The Morgan fingerprint density at radius 3 is 2.13 bits per heavy atom. The van der Waals surface area contributed by atoms with Gasteiger partial charge in [-0.25, -0.2) is 4.98 Å². The number of halogens is 2. The van der Waals surface area contributed by atoms with E-state index < -0.39 is 0 Å². The summed E-state index contributed by atoms with van der Waals surface area (Å²) in [5.41, 5.74) is 2.62.